The summed E-state index contributed by atoms with van der Waals surface area (Å²) >= 11 is 0. The van der Waals surface area contributed by atoms with Gasteiger partial charge in [-0.05, 0) is 66.9 Å². The molecule has 5 nitrogen and oxygen atoms in total. The van der Waals surface area contributed by atoms with Gasteiger partial charge in [-0.1, -0.05) is 6.42 Å². The SMILES string of the molecule is COc1ccc(C=Nc2ccc(S(=O)(=O)N3CCCCC3)cc2)cc1. The minimum Gasteiger partial charge on any atom is -0.497 e. The van der Waals surface area contributed by atoms with Crippen LogP contribution in [0, 0.1) is 0 Å². The van der Waals surface area contributed by atoms with Crippen LogP contribution in [-0.2, 0) is 10.0 Å². The Hall–Kier alpha value is -2.18. The van der Waals surface area contributed by atoms with E-state index in [1.54, 1.807) is 41.9 Å². The summed E-state index contributed by atoms with van der Waals surface area (Å²) in [6, 6.07) is 14.3. The van der Waals surface area contributed by atoms with Gasteiger partial charge in [-0.15, -0.1) is 0 Å². The van der Waals surface area contributed by atoms with Crippen molar-refractivity contribution in [2.75, 3.05) is 20.2 Å². The number of nitrogens with zero attached hydrogens (tertiary/aromatic N) is 2. The highest BCUT2D eigenvalue weighted by Gasteiger charge is 2.25. The van der Waals surface area contributed by atoms with E-state index < -0.39 is 10.0 Å². The van der Waals surface area contributed by atoms with E-state index in [2.05, 4.69) is 4.99 Å². The van der Waals surface area contributed by atoms with E-state index in [-0.39, 0.29) is 0 Å². The monoisotopic (exact) mass is 358 g/mol. The fourth-order valence-electron chi connectivity index (χ4n) is 2.80. The molecule has 3 rings (SSSR count). The molecule has 0 spiro atoms. The molecule has 0 N–H and O–H groups in total. The number of methoxy groups -OCH3 is 1. The smallest absolute Gasteiger partial charge is 0.243 e. The van der Waals surface area contributed by atoms with Crippen molar-refractivity contribution in [2.24, 2.45) is 4.99 Å². The molecule has 0 atom stereocenters. The molecule has 1 saturated heterocycles. The van der Waals surface area contributed by atoms with Crippen LogP contribution in [-0.4, -0.2) is 39.1 Å². The molecule has 0 aliphatic carbocycles. The number of sulfonamides is 1. The van der Waals surface area contributed by atoms with E-state index in [0.29, 0.717) is 23.7 Å². The van der Waals surface area contributed by atoms with Crippen molar-refractivity contribution in [2.45, 2.75) is 24.2 Å². The first-order valence-corrected chi connectivity index (χ1v) is 9.82. The van der Waals surface area contributed by atoms with Crippen LogP contribution < -0.4 is 4.74 Å². The summed E-state index contributed by atoms with van der Waals surface area (Å²) in [5.74, 6) is 0.796. The Bertz CT molecular complexity index is 822. The van der Waals surface area contributed by atoms with E-state index in [4.69, 9.17) is 4.74 Å². The van der Waals surface area contributed by atoms with Crippen LogP contribution in [0.2, 0.25) is 0 Å². The molecule has 1 heterocycles. The fourth-order valence-corrected chi connectivity index (χ4v) is 4.31. The van der Waals surface area contributed by atoms with Gasteiger partial charge in [0.15, 0.2) is 0 Å². The lowest BCUT2D eigenvalue weighted by molar-refractivity contribution is 0.346. The van der Waals surface area contributed by atoms with Crippen LogP contribution in [0.25, 0.3) is 0 Å². The van der Waals surface area contributed by atoms with Gasteiger partial charge in [0.2, 0.25) is 10.0 Å². The van der Waals surface area contributed by atoms with Crippen LogP contribution in [0.15, 0.2) is 58.4 Å². The predicted molar refractivity (Wildman–Crippen MR) is 99.3 cm³/mol. The second kappa shape index (κ2) is 7.80. The van der Waals surface area contributed by atoms with Gasteiger partial charge in [0.05, 0.1) is 17.7 Å². The van der Waals surface area contributed by atoms with Crippen LogP contribution in [0.3, 0.4) is 0 Å². The second-order valence-corrected chi connectivity index (χ2v) is 7.93. The topological polar surface area (TPSA) is 59.0 Å². The molecule has 1 aliphatic rings. The number of ether oxygens (including phenoxy) is 1. The molecule has 6 heteroatoms. The number of hydrogen-bond acceptors (Lipinski definition) is 4. The highest BCUT2D eigenvalue weighted by Crippen LogP contribution is 2.23. The van der Waals surface area contributed by atoms with Crippen molar-refractivity contribution in [1.82, 2.24) is 4.31 Å². The second-order valence-electron chi connectivity index (χ2n) is 5.99. The summed E-state index contributed by atoms with van der Waals surface area (Å²) in [5, 5.41) is 0. The maximum atomic E-state index is 12.6. The standard InChI is InChI=1S/C19H22N2O3S/c1-24-18-9-5-16(6-10-18)15-20-17-7-11-19(12-8-17)25(22,23)21-13-3-2-4-14-21/h5-12,15H,2-4,13-14H2,1H3. The Morgan fingerprint density at radius 3 is 2.20 bits per heavy atom. The van der Waals surface area contributed by atoms with Crippen molar-refractivity contribution in [3.05, 3.63) is 54.1 Å². The average molecular weight is 358 g/mol. The van der Waals surface area contributed by atoms with Gasteiger partial charge in [0.1, 0.15) is 5.75 Å². The van der Waals surface area contributed by atoms with E-state index in [9.17, 15) is 8.42 Å². The zero-order valence-electron chi connectivity index (χ0n) is 14.3. The van der Waals surface area contributed by atoms with Gasteiger partial charge in [-0.3, -0.25) is 4.99 Å². The van der Waals surface area contributed by atoms with Crippen molar-refractivity contribution in [3.63, 3.8) is 0 Å². The van der Waals surface area contributed by atoms with Crippen LogP contribution >= 0.6 is 0 Å². The zero-order valence-corrected chi connectivity index (χ0v) is 15.1. The molecule has 1 aliphatic heterocycles. The van der Waals surface area contributed by atoms with E-state index >= 15 is 0 Å². The first-order valence-electron chi connectivity index (χ1n) is 8.38. The maximum Gasteiger partial charge on any atom is 0.243 e. The molecule has 0 saturated carbocycles. The highest BCUT2D eigenvalue weighted by atomic mass is 32.2. The maximum absolute atomic E-state index is 12.6. The predicted octanol–water partition coefficient (Wildman–Crippen LogP) is 3.62. The molecule has 0 unspecified atom stereocenters. The molecular weight excluding hydrogens is 336 g/mol. The van der Waals surface area contributed by atoms with Crippen molar-refractivity contribution in [1.29, 1.82) is 0 Å². The third kappa shape index (κ3) is 4.27. The summed E-state index contributed by atoms with van der Waals surface area (Å²) in [5.41, 5.74) is 1.67. The highest BCUT2D eigenvalue weighted by molar-refractivity contribution is 7.89. The largest absolute Gasteiger partial charge is 0.497 e. The van der Waals surface area contributed by atoms with Gasteiger partial charge >= 0.3 is 0 Å². The lowest BCUT2D eigenvalue weighted by Gasteiger charge is -2.25. The van der Waals surface area contributed by atoms with Gasteiger partial charge in [0, 0.05) is 19.3 Å². The third-order valence-electron chi connectivity index (χ3n) is 4.27. The molecule has 2 aromatic rings. The van der Waals surface area contributed by atoms with Crippen molar-refractivity contribution in [3.8, 4) is 5.75 Å². The summed E-state index contributed by atoms with van der Waals surface area (Å²) in [4.78, 5) is 4.72. The summed E-state index contributed by atoms with van der Waals surface area (Å²) in [6.07, 6.45) is 4.71. The Morgan fingerprint density at radius 2 is 1.60 bits per heavy atom. The number of benzene rings is 2. The van der Waals surface area contributed by atoms with Gasteiger partial charge in [-0.2, -0.15) is 4.31 Å². The minimum atomic E-state index is -3.39. The van der Waals surface area contributed by atoms with Crippen LogP contribution in [0.5, 0.6) is 5.75 Å². The molecule has 25 heavy (non-hydrogen) atoms. The van der Waals surface area contributed by atoms with Gasteiger partial charge < -0.3 is 4.74 Å². The summed E-state index contributed by atoms with van der Waals surface area (Å²) in [6.45, 7) is 1.22. The molecule has 0 amide bonds. The average Bonchev–Trinajstić information content (AvgIpc) is 2.68. The van der Waals surface area contributed by atoms with Crippen LogP contribution in [0.4, 0.5) is 5.69 Å². The van der Waals surface area contributed by atoms with Gasteiger partial charge in [0.25, 0.3) is 0 Å². The van der Waals surface area contributed by atoms with Gasteiger partial charge in [-0.25, -0.2) is 8.42 Å². The Labute approximate surface area is 149 Å². The lowest BCUT2D eigenvalue weighted by atomic mass is 10.2. The first kappa shape index (κ1) is 17.6. The molecular formula is C19H22N2O3S. The van der Waals surface area contributed by atoms with E-state index in [1.807, 2.05) is 24.3 Å². The number of hydrogen-bond donors (Lipinski definition) is 0. The van der Waals surface area contributed by atoms with Crippen molar-refractivity contribution < 1.29 is 13.2 Å². The number of piperidine rings is 1. The lowest BCUT2D eigenvalue weighted by Crippen LogP contribution is -2.35. The Kier molecular flexibility index (Phi) is 5.50. The summed E-state index contributed by atoms with van der Waals surface area (Å²) in [7, 11) is -1.76. The quantitative estimate of drug-likeness (QED) is 0.767. The Balaban J connectivity index is 1.72. The van der Waals surface area contributed by atoms with Crippen molar-refractivity contribution >= 4 is 21.9 Å². The van der Waals surface area contributed by atoms with Crippen LogP contribution in [0.1, 0.15) is 24.8 Å². The molecule has 1 fully saturated rings. The molecule has 0 radical (unpaired) electrons. The minimum absolute atomic E-state index is 0.331. The van der Waals surface area contributed by atoms with E-state index in [1.165, 1.54) is 0 Å². The molecule has 2 aromatic carbocycles. The van der Waals surface area contributed by atoms with E-state index in [0.717, 1.165) is 30.6 Å². The molecule has 0 aromatic heterocycles. The number of rotatable bonds is 5. The summed E-state index contributed by atoms with van der Waals surface area (Å²) < 4.78 is 31.9. The molecule has 0 bridgehead atoms. The fraction of sp³-hybridized carbons (Fsp3) is 0.316. The zero-order chi connectivity index (χ0) is 17.7. The first-order chi connectivity index (χ1) is 12.1. The third-order valence-corrected chi connectivity index (χ3v) is 6.18. The Morgan fingerprint density at radius 1 is 0.960 bits per heavy atom. The number of aliphatic imine (C=N–C) groups is 1. The molecule has 132 valence electrons. The normalized spacial score (nSPS) is 16.2.